The van der Waals surface area contributed by atoms with Crippen LogP contribution in [0.15, 0.2) is 22.7 Å². The van der Waals surface area contributed by atoms with Crippen molar-refractivity contribution in [1.82, 2.24) is 15.2 Å². The summed E-state index contributed by atoms with van der Waals surface area (Å²) in [7, 11) is 0. The fraction of sp³-hybridized carbons (Fsp3) is 0.100. The summed E-state index contributed by atoms with van der Waals surface area (Å²) in [5.74, 6) is -0.247. The Morgan fingerprint density at radius 3 is 2.88 bits per heavy atom. The van der Waals surface area contributed by atoms with Crippen LogP contribution in [-0.2, 0) is 0 Å². The van der Waals surface area contributed by atoms with Crippen LogP contribution in [0.5, 0.6) is 0 Å². The molecule has 1 amide bonds. The van der Waals surface area contributed by atoms with E-state index in [1.165, 1.54) is 18.2 Å². The summed E-state index contributed by atoms with van der Waals surface area (Å²) in [6.07, 6.45) is 0. The number of nitrogens with zero attached hydrogens (tertiary/aromatic N) is 2. The zero-order valence-electron chi connectivity index (χ0n) is 8.79. The van der Waals surface area contributed by atoms with E-state index < -0.39 is 11.7 Å². The highest BCUT2D eigenvalue weighted by Gasteiger charge is 2.11. The summed E-state index contributed by atoms with van der Waals surface area (Å²) in [6, 6.07) is 4.17. The SMILES string of the molecule is Cc1nc(C(=O)Nc2ccc(F)c(Br)c2)n[nH]1. The van der Waals surface area contributed by atoms with Crippen molar-refractivity contribution >= 4 is 27.5 Å². The third kappa shape index (κ3) is 2.68. The first-order valence-electron chi connectivity index (χ1n) is 4.71. The van der Waals surface area contributed by atoms with Crippen molar-refractivity contribution in [3.8, 4) is 0 Å². The van der Waals surface area contributed by atoms with Gasteiger partial charge in [-0.1, -0.05) is 0 Å². The number of aryl methyl sites for hydroxylation is 1. The van der Waals surface area contributed by atoms with Crippen LogP contribution < -0.4 is 5.32 Å². The van der Waals surface area contributed by atoms with Gasteiger partial charge in [0.15, 0.2) is 0 Å². The summed E-state index contributed by atoms with van der Waals surface area (Å²) in [5.41, 5.74) is 0.464. The average Bonchev–Trinajstić information content (AvgIpc) is 2.70. The summed E-state index contributed by atoms with van der Waals surface area (Å²) in [4.78, 5) is 15.5. The fourth-order valence-electron chi connectivity index (χ4n) is 1.21. The van der Waals surface area contributed by atoms with Crippen LogP contribution in [0.2, 0.25) is 0 Å². The van der Waals surface area contributed by atoms with E-state index >= 15 is 0 Å². The van der Waals surface area contributed by atoms with Crippen molar-refractivity contribution in [3.63, 3.8) is 0 Å². The number of halogens is 2. The molecule has 0 radical (unpaired) electrons. The van der Waals surface area contributed by atoms with Crippen LogP contribution in [0.1, 0.15) is 16.4 Å². The van der Waals surface area contributed by atoms with Crippen molar-refractivity contribution in [2.24, 2.45) is 0 Å². The molecule has 0 bridgehead atoms. The molecule has 0 aliphatic carbocycles. The Morgan fingerprint density at radius 1 is 1.53 bits per heavy atom. The normalized spacial score (nSPS) is 10.3. The second-order valence-electron chi connectivity index (χ2n) is 3.33. The van der Waals surface area contributed by atoms with E-state index in [0.29, 0.717) is 11.5 Å². The Bertz CT molecular complexity index is 569. The molecule has 1 aromatic heterocycles. The molecule has 5 nitrogen and oxygen atoms in total. The lowest BCUT2D eigenvalue weighted by Crippen LogP contribution is -2.13. The Balaban J connectivity index is 2.15. The number of benzene rings is 1. The van der Waals surface area contributed by atoms with E-state index in [1.807, 2.05) is 0 Å². The molecule has 0 fully saturated rings. The van der Waals surface area contributed by atoms with E-state index in [1.54, 1.807) is 6.92 Å². The molecular formula is C10H8BrFN4O. The van der Waals surface area contributed by atoms with Gasteiger partial charge >= 0.3 is 0 Å². The lowest BCUT2D eigenvalue weighted by Gasteiger charge is -2.03. The smallest absolute Gasteiger partial charge is 0.295 e. The van der Waals surface area contributed by atoms with Gasteiger partial charge in [-0.25, -0.2) is 9.37 Å². The number of H-pyrrole nitrogens is 1. The van der Waals surface area contributed by atoms with Gasteiger partial charge in [0.1, 0.15) is 11.6 Å². The summed E-state index contributed by atoms with van der Waals surface area (Å²) in [5, 5.41) is 8.84. The molecule has 0 aliphatic heterocycles. The van der Waals surface area contributed by atoms with Gasteiger partial charge in [-0.05, 0) is 41.1 Å². The minimum Gasteiger partial charge on any atom is -0.319 e. The second-order valence-corrected chi connectivity index (χ2v) is 4.18. The molecule has 0 unspecified atom stereocenters. The predicted octanol–water partition coefficient (Wildman–Crippen LogP) is 2.27. The highest BCUT2D eigenvalue weighted by Crippen LogP contribution is 2.20. The first kappa shape index (κ1) is 11.7. The number of nitrogens with one attached hydrogen (secondary N) is 2. The number of amides is 1. The Hall–Kier alpha value is -1.76. The van der Waals surface area contributed by atoms with Crippen LogP contribution in [0.3, 0.4) is 0 Å². The van der Waals surface area contributed by atoms with Crippen molar-refractivity contribution < 1.29 is 9.18 Å². The first-order valence-corrected chi connectivity index (χ1v) is 5.51. The van der Waals surface area contributed by atoms with Gasteiger partial charge in [-0.3, -0.25) is 9.89 Å². The van der Waals surface area contributed by atoms with E-state index in [2.05, 4.69) is 36.4 Å². The number of rotatable bonds is 2. The van der Waals surface area contributed by atoms with Gasteiger partial charge < -0.3 is 5.32 Å². The fourth-order valence-corrected chi connectivity index (χ4v) is 1.58. The third-order valence-electron chi connectivity index (χ3n) is 1.98. The molecule has 17 heavy (non-hydrogen) atoms. The maximum Gasteiger partial charge on any atom is 0.295 e. The van der Waals surface area contributed by atoms with Crippen LogP contribution in [0, 0.1) is 12.7 Å². The number of carbonyl (C=O) groups excluding carboxylic acids is 1. The largest absolute Gasteiger partial charge is 0.319 e. The minimum absolute atomic E-state index is 0.0444. The van der Waals surface area contributed by atoms with Crippen LogP contribution in [0.25, 0.3) is 0 Å². The van der Waals surface area contributed by atoms with Gasteiger partial charge in [0, 0.05) is 5.69 Å². The molecule has 0 atom stereocenters. The summed E-state index contributed by atoms with van der Waals surface area (Å²) in [6.45, 7) is 1.69. The van der Waals surface area contributed by atoms with Crippen molar-refractivity contribution in [2.75, 3.05) is 5.32 Å². The monoisotopic (exact) mass is 298 g/mol. The molecule has 88 valence electrons. The summed E-state index contributed by atoms with van der Waals surface area (Å²) >= 11 is 3.03. The van der Waals surface area contributed by atoms with E-state index in [0.717, 1.165) is 0 Å². The zero-order valence-corrected chi connectivity index (χ0v) is 10.4. The number of aromatic amines is 1. The molecule has 0 saturated carbocycles. The molecule has 7 heteroatoms. The van der Waals surface area contributed by atoms with Crippen molar-refractivity contribution in [1.29, 1.82) is 0 Å². The maximum absolute atomic E-state index is 13.0. The molecule has 0 saturated heterocycles. The lowest BCUT2D eigenvalue weighted by molar-refractivity contribution is 0.101. The number of anilines is 1. The molecule has 2 aromatic rings. The third-order valence-corrected chi connectivity index (χ3v) is 2.59. The van der Waals surface area contributed by atoms with E-state index in [9.17, 15) is 9.18 Å². The molecular weight excluding hydrogens is 291 g/mol. The molecule has 0 spiro atoms. The van der Waals surface area contributed by atoms with E-state index in [-0.39, 0.29) is 10.3 Å². The minimum atomic E-state index is -0.451. The van der Waals surface area contributed by atoms with Gasteiger partial charge in [-0.15, -0.1) is 5.10 Å². The van der Waals surface area contributed by atoms with E-state index in [4.69, 9.17) is 0 Å². The molecule has 2 N–H and O–H groups in total. The average molecular weight is 299 g/mol. The molecule has 1 heterocycles. The zero-order chi connectivity index (χ0) is 12.4. The number of hydrogen-bond donors (Lipinski definition) is 2. The van der Waals surface area contributed by atoms with Crippen LogP contribution in [-0.4, -0.2) is 21.1 Å². The quantitative estimate of drug-likeness (QED) is 0.893. The van der Waals surface area contributed by atoms with Crippen molar-refractivity contribution in [3.05, 3.63) is 40.1 Å². The molecule has 1 aromatic carbocycles. The van der Waals surface area contributed by atoms with Gasteiger partial charge in [0.05, 0.1) is 4.47 Å². The standard InChI is InChI=1S/C10H8BrFN4O/c1-5-13-9(16-15-5)10(17)14-6-2-3-8(12)7(11)4-6/h2-4H,1H3,(H,14,17)(H,13,15,16). The number of carbonyl (C=O) groups is 1. The van der Waals surface area contributed by atoms with Crippen molar-refractivity contribution in [2.45, 2.75) is 6.92 Å². The highest BCUT2D eigenvalue weighted by molar-refractivity contribution is 9.10. The summed E-state index contributed by atoms with van der Waals surface area (Å²) < 4.78 is 13.3. The Morgan fingerprint density at radius 2 is 2.29 bits per heavy atom. The number of hydrogen-bond acceptors (Lipinski definition) is 3. The maximum atomic E-state index is 13.0. The molecule has 2 rings (SSSR count). The van der Waals surface area contributed by atoms with Gasteiger partial charge in [0.25, 0.3) is 5.91 Å². The van der Waals surface area contributed by atoms with Crippen LogP contribution in [0.4, 0.5) is 10.1 Å². The first-order chi connectivity index (χ1) is 8.06. The highest BCUT2D eigenvalue weighted by atomic mass is 79.9. The lowest BCUT2D eigenvalue weighted by atomic mass is 10.3. The van der Waals surface area contributed by atoms with Gasteiger partial charge in [0.2, 0.25) is 5.82 Å². The molecule has 0 aliphatic rings. The predicted molar refractivity (Wildman–Crippen MR) is 63.2 cm³/mol. The topological polar surface area (TPSA) is 70.7 Å². The number of aromatic nitrogens is 3. The Kier molecular flexibility index (Phi) is 3.19. The Labute approximate surface area is 105 Å². The van der Waals surface area contributed by atoms with Gasteiger partial charge in [-0.2, -0.15) is 0 Å². The second kappa shape index (κ2) is 4.62. The van der Waals surface area contributed by atoms with Crippen LogP contribution >= 0.6 is 15.9 Å².